The molecule has 0 radical (unpaired) electrons. The maximum atomic E-state index is 11.0. The van der Waals surface area contributed by atoms with E-state index in [1.165, 1.54) is 32.1 Å². The standard InChI is InChI=1S/C14H18N2O2/c17-14(18)11-5-7-15-13(9-11)16-8-6-10-3-1-2-4-12(10)16/h5,7,9-10,12H,1-4,6,8H2,(H,17,18). The first-order chi connectivity index (χ1) is 8.75. The Hall–Kier alpha value is -1.58. The van der Waals surface area contributed by atoms with E-state index < -0.39 is 5.97 Å². The van der Waals surface area contributed by atoms with E-state index in [4.69, 9.17) is 5.11 Å². The average molecular weight is 246 g/mol. The number of aromatic carboxylic acids is 1. The molecule has 2 heterocycles. The number of pyridine rings is 1. The van der Waals surface area contributed by atoms with E-state index in [0.717, 1.165) is 18.3 Å². The fourth-order valence-electron chi connectivity index (χ4n) is 3.40. The first kappa shape index (κ1) is 11.5. The lowest BCUT2D eigenvalue weighted by atomic mass is 9.85. The number of fused-ring (bicyclic) bond motifs is 1. The van der Waals surface area contributed by atoms with Crippen LogP contribution in [-0.4, -0.2) is 28.6 Å². The van der Waals surface area contributed by atoms with Crippen LogP contribution in [0.1, 0.15) is 42.5 Å². The minimum atomic E-state index is -0.877. The Labute approximate surface area is 107 Å². The summed E-state index contributed by atoms with van der Waals surface area (Å²) in [5, 5.41) is 9.04. The van der Waals surface area contributed by atoms with E-state index in [1.807, 2.05) is 0 Å². The molecular formula is C14H18N2O2. The summed E-state index contributed by atoms with van der Waals surface area (Å²) in [6.07, 6.45) is 8.01. The number of hydrogen-bond donors (Lipinski definition) is 1. The minimum Gasteiger partial charge on any atom is -0.478 e. The molecule has 1 aromatic rings. The molecule has 0 amide bonds. The third-order valence-electron chi connectivity index (χ3n) is 4.30. The van der Waals surface area contributed by atoms with Gasteiger partial charge in [0.1, 0.15) is 5.82 Å². The number of anilines is 1. The van der Waals surface area contributed by atoms with Crippen LogP contribution in [0.25, 0.3) is 0 Å². The van der Waals surface area contributed by atoms with Crippen LogP contribution in [0, 0.1) is 5.92 Å². The van der Waals surface area contributed by atoms with Crippen LogP contribution in [0.3, 0.4) is 0 Å². The molecule has 0 aromatic carbocycles. The zero-order valence-electron chi connectivity index (χ0n) is 10.4. The van der Waals surface area contributed by atoms with Crippen molar-refractivity contribution in [3.8, 4) is 0 Å². The molecule has 2 unspecified atom stereocenters. The van der Waals surface area contributed by atoms with Crippen LogP contribution >= 0.6 is 0 Å². The van der Waals surface area contributed by atoms with Crippen molar-refractivity contribution >= 4 is 11.8 Å². The van der Waals surface area contributed by atoms with Gasteiger partial charge in [-0.1, -0.05) is 12.8 Å². The SMILES string of the molecule is O=C(O)c1ccnc(N2CCC3CCCCC32)c1. The number of carboxylic acids is 1. The highest BCUT2D eigenvalue weighted by atomic mass is 16.4. The van der Waals surface area contributed by atoms with Crippen LogP contribution in [0.5, 0.6) is 0 Å². The molecule has 1 aliphatic heterocycles. The Balaban J connectivity index is 1.86. The first-order valence-corrected chi connectivity index (χ1v) is 6.72. The minimum absolute atomic E-state index is 0.333. The number of nitrogens with zero attached hydrogens (tertiary/aromatic N) is 2. The average Bonchev–Trinajstić information content (AvgIpc) is 2.82. The molecule has 1 saturated heterocycles. The normalized spacial score (nSPS) is 27.0. The third kappa shape index (κ3) is 1.96. The second-order valence-corrected chi connectivity index (χ2v) is 5.30. The molecule has 1 aromatic heterocycles. The second kappa shape index (κ2) is 4.59. The molecule has 3 rings (SSSR count). The molecule has 2 fully saturated rings. The first-order valence-electron chi connectivity index (χ1n) is 6.72. The fourth-order valence-corrected chi connectivity index (χ4v) is 3.40. The van der Waals surface area contributed by atoms with Crippen molar-refractivity contribution in [1.82, 2.24) is 4.98 Å². The predicted molar refractivity (Wildman–Crippen MR) is 68.9 cm³/mol. The summed E-state index contributed by atoms with van der Waals surface area (Å²) in [7, 11) is 0. The molecule has 18 heavy (non-hydrogen) atoms. The molecule has 0 bridgehead atoms. The van der Waals surface area contributed by atoms with Crippen molar-refractivity contribution in [2.45, 2.75) is 38.1 Å². The van der Waals surface area contributed by atoms with E-state index in [9.17, 15) is 4.79 Å². The van der Waals surface area contributed by atoms with Crippen molar-refractivity contribution in [2.24, 2.45) is 5.92 Å². The lowest BCUT2D eigenvalue weighted by molar-refractivity contribution is 0.0697. The summed E-state index contributed by atoms with van der Waals surface area (Å²) in [4.78, 5) is 17.7. The van der Waals surface area contributed by atoms with Gasteiger partial charge in [-0.15, -0.1) is 0 Å². The van der Waals surface area contributed by atoms with Crippen molar-refractivity contribution in [3.05, 3.63) is 23.9 Å². The lowest BCUT2D eigenvalue weighted by Crippen LogP contribution is -2.35. The summed E-state index contributed by atoms with van der Waals surface area (Å²) >= 11 is 0. The van der Waals surface area contributed by atoms with Gasteiger partial charge in [-0.05, 0) is 37.3 Å². The highest BCUT2D eigenvalue weighted by molar-refractivity contribution is 5.88. The largest absolute Gasteiger partial charge is 0.478 e. The highest BCUT2D eigenvalue weighted by Crippen LogP contribution is 2.38. The van der Waals surface area contributed by atoms with Gasteiger partial charge in [-0.25, -0.2) is 9.78 Å². The third-order valence-corrected chi connectivity index (χ3v) is 4.30. The molecule has 4 nitrogen and oxygen atoms in total. The van der Waals surface area contributed by atoms with Gasteiger partial charge in [-0.3, -0.25) is 0 Å². The van der Waals surface area contributed by atoms with Crippen molar-refractivity contribution < 1.29 is 9.90 Å². The Kier molecular flexibility index (Phi) is 2.94. The smallest absolute Gasteiger partial charge is 0.335 e. The molecule has 96 valence electrons. The van der Waals surface area contributed by atoms with Crippen molar-refractivity contribution in [1.29, 1.82) is 0 Å². The molecule has 1 saturated carbocycles. The number of hydrogen-bond acceptors (Lipinski definition) is 3. The van der Waals surface area contributed by atoms with Gasteiger partial charge in [0.05, 0.1) is 5.56 Å². The predicted octanol–water partition coefficient (Wildman–Crippen LogP) is 2.55. The van der Waals surface area contributed by atoms with Crippen LogP contribution in [0.2, 0.25) is 0 Å². The molecule has 4 heteroatoms. The molecular weight excluding hydrogens is 228 g/mol. The van der Waals surface area contributed by atoms with E-state index in [0.29, 0.717) is 11.6 Å². The van der Waals surface area contributed by atoms with Gasteiger partial charge in [0.15, 0.2) is 0 Å². The van der Waals surface area contributed by atoms with Gasteiger partial charge in [0.2, 0.25) is 0 Å². The molecule has 1 N–H and O–H groups in total. The van der Waals surface area contributed by atoms with Crippen molar-refractivity contribution in [2.75, 3.05) is 11.4 Å². The zero-order valence-corrected chi connectivity index (χ0v) is 10.4. The van der Waals surface area contributed by atoms with Crippen molar-refractivity contribution in [3.63, 3.8) is 0 Å². The van der Waals surface area contributed by atoms with Gasteiger partial charge < -0.3 is 10.0 Å². The number of aromatic nitrogens is 1. The molecule has 2 aliphatic rings. The van der Waals surface area contributed by atoms with E-state index in [-0.39, 0.29) is 0 Å². The van der Waals surface area contributed by atoms with Crippen LogP contribution in [0.15, 0.2) is 18.3 Å². The van der Waals surface area contributed by atoms with E-state index >= 15 is 0 Å². The number of carboxylic acid groups (broad SMARTS) is 1. The maximum Gasteiger partial charge on any atom is 0.335 e. The van der Waals surface area contributed by atoms with Gasteiger partial charge >= 0.3 is 5.97 Å². The second-order valence-electron chi connectivity index (χ2n) is 5.30. The van der Waals surface area contributed by atoms with E-state index in [2.05, 4.69) is 9.88 Å². The fraction of sp³-hybridized carbons (Fsp3) is 0.571. The maximum absolute atomic E-state index is 11.0. The van der Waals surface area contributed by atoms with Gasteiger partial charge in [0.25, 0.3) is 0 Å². The highest BCUT2D eigenvalue weighted by Gasteiger charge is 2.36. The number of rotatable bonds is 2. The summed E-state index contributed by atoms with van der Waals surface area (Å²) in [6, 6.07) is 3.84. The van der Waals surface area contributed by atoms with Gasteiger partial charge in [0, 0.05) is 18.8 Å². The van der Waals surface area contributed by atoms with Crippen LogP contribution in [-0.2, 0) is 0 Å². The summed E-state index contributed by atoms with van der Waals surface area (Å²) < 4.78 is 0. The zero-order chi connectivity index (χ0) is 12.5. The molecule has 2 atom stereocenters. The quantitative estimate of drug-likeness (QED) is 0.871. The monoisotopic (exact) mass is 246 g/mol. The Morgan fingerprint density at radius 1 is 1.33 bits per heavy atom. The van der Waals surface area contributed by atoms with Gasteiger partial charge in [-0.2, -0.15) is 0 Å². The Morgan fingerprint density at radius 3 is 3.00 bits per heavy atom. The summed E-state index contributed by atoms with van der Waals surface area (Å²) in [5.74, 6) is 0.747. The molecule has 1 aliphatic carbocycles. The van der Waals surface area contributed by atoms with Crippen LogP contribution < -0.4 is 4.90 Å². The molecule has 0 spiro atoms. The van der Waals surface area contributed by atoms with Crippen LogP contribution in [0.4, 0.5) is 5.82 Å². The number of carbonyl (C=O) groups is 1. The summed E-state index contributed by atoms with van der Waals surface area (Å²) in [5.41, 5.74) is 0.333. The lowest BCUT2D eigenvalue weighted by Gasteiger charge is -2.32. The van der Waals surface area contributed by atoms with E-state index in [1.54, 1.807) is 18.3 Å². The Morgan fingerprint density at radius 2 is 2.17 bits per heavy atom. The summed E-state index contributed by atoms with van der Waals surface area (Å²) in [6.45, 7) is 1.02. The Bertz CT molecular complexity index is 461. The topological polar surface area (TPSA) is 53.4 Å².